The third kappa shape index (κ3) is 3.81. The summed E-state index contributed by atoms with van der Waals surface area (Å²) in [5.74, 6) is -1.48. The Morgan fingerprint density at radius 1 is 1.35 bits per heavy atom. The van der Waals surface area contributed by atoms with E-state index in [0.29, 0.717) is 0 Å². The van der Waals surface area contributed by atoms with Gasteiger partial charge in [0.05, 0.1) is 4.90 Å². The third-order valence-corrected chi connectivity index (χ3v) is 3.52. The normalized spacial score (nSPS) is 13.3. The number of aliphatic hydroxyl groups excluding tert-OH is 1. The number of aryl methyl sites for hydroxylation is 1. The lowest BCUT2D eigenvalue weighted by Crippen LogP contribution is -2.36. The molecular weight excluding hydrogens is 246 g/mol. The van der Waals surface area contributed by atoms with Gasteiger partial charge < -0.3 is 10.2 Å². The molecule has 0 saturated carbocycles. The van der Waals surface area contributed by atoms with Crippen molar-refractivity contribution < 1.29 is 23.4 Å². The topological polar surface area (TPSA) is 104 Å². The number of carbonyl (C=O) groups is 1. The second-order valence-electron chi connectivity index (χ2n) is 3.52. The smallest absolute Gasteiger partial charge is 0.333 e. The predicted octanol–water partition coefficient (Wildman–Crippen LogP) is -0.281. The van der Waals surface area contributed by atoms with Crippen LogP contribution in [0.15, 0.2) is 29.2 Å². The highest BCUT2D eigenvalue weighted by Gasteiger charge is 2.19. The molecule has 7 heteroatoms. The van der Waals surface area contributed by atoms with Gasteiger partial charge in [0, 0.05) is 6.54 Å². The van der Waals surface area contributed by atoms with E-state index in [1.165, 1.54) is 12.1 Å². The first-order valence-electron chi connectivity index (χ1n) is 4.80. The largest absolute Gasteiger partial charge is 0.479 e. The maximum absolute atomic E-state index is 11.7. The number of nitrogens with one attached hydrogen (secondary N) is 1. The SMILES string of the molecule is Cc1ccc(S(=O)(=O)NC[C@@H](O)C(=O)O)cc1. The van der Waals surface area contributed by atoms with E-state index in [0.717, 1.165) is 5.56 Å². The standard InChI is InChI=1S/C10H13NO5S/c1-7-2-4-8(5-3-7)17(15,16)11-6-9(12)10(13)14/h2-5,9,11-12H,6H2,1H3,(H,13,14)/t9-/m1/s1. The Hall–Kier alpha value is -1.44. The molecule has 0 heterocycles. The van der Waals surface area contributed by atoms with Crippen molar-refractivity contribution in [2.45, 2.75) is 17.9 Å². The molecule has 94 valence electrons. The highest BCUT2D eigenvalue weighted by atomic mass is 32.2. The Balaban J connectivity index is 2.76. The molecule has 0 radical (unpaired) electrons. The summed E-state index contributed by atoms with van der Waals surface area (Å²) in [6, 6.07) is 6.07. The monoisotopic (exact) mass is 259 g/mol. The second kappa shape index (κ2) is 5.26. The number of carboxylic acids is 1. The van der Waals surface area contributed by atoms with Crippen LogP contribution in [0.3, 0.4) is 0 Å². The van der Waals surface area contributed by atoms with E-state index < -0.39 is 28.6 Å². The van der Waals surface area contributed by atoms with Crippen LogP contribution >= 0.6 is 0 Å². The zero-order valence-corrected chi connectivity index (χ0v) is 9.94. The summed E-state index contributed by atoms with van der Waals surface area (Å²) in [6.45, 7) is 1.25. The molecule has 0 spiro atoms. The molecule has 0 aliphatic carbocycles. The van der Waals surface area contributed by atoms with Crippen LogP contribution in [0, 0.1) is 6.92 Å². The quantitative estimate of drug-likeness (QED) is 0.674. The molecule has 0 unspecified atom stereocenters. The molecule has 1 aromatic rings. The molecule has 0 saturated heterocycles. The van der Waals surface area contributed by atoms with E-state index in [-0.39, 0.29) is 4.90 Å². The van der Waals surface area contributed by atoms with Crippen LogP contribution in [-0.4, -0.2) is 37.2 Å². The second-order valence-corrected chi connectivity index (χ2v) is 5.29. The van der Waals surface area contributed by atoms with E-state index in [2.05, 4.69) is 0 Å². The molecule has 3 N–H and O–H groups in total. The van der Waals surface area contributed by atoms with Crippen molar-refractivity contribution in [1.82, 2.24) is 4.72 Å². The minimum Gasteiger partial charge on any atom is -0.479 e. The number of hydrogen-bond donors (Lipinski definition) is 3. The minimum atomic E-state index is -3.78. The maximum atomic E-state index is 11.7. The lowest BCUT2D eigenvalue weighted by atomic mass is 10.2. The Labute approximate surface area is 99.0 Å². The summed E-state index contributed by atoms with van der Waals surface area (Å²) in [6.07, 6.45) is -1.75. The Kier molecular flexibility index (Phi) is 4.22. The molecule has 0 aromatic heterocycles. The zero-order valence-electron chi connectivity index (χ0n) is 9.12. The molecule has 1 rings (SSSR count). The van der Waals surface area contributed by atoms with Gasteiger partial charge in [-0.1, -0.05) is 17.7 Å². The van der Waals surface area contributed by atoms with Gasteiger partial charge in [-0.25, -0.2) is 17.9 Å². The van der Waals surface area contributed by atoms with Crippen molar-refractivity contribution >= 4 is 16.0 Å². The Bertz CT molecular complexity index is 494. The molecule has 6 nitrogen and oxygen atoms in total. The minimum absolute atomic E-state index is 0.0284. The molecule has 0 aliphatic heterocycles. The fourth-order valence-electron chi connectivity index (χ4n) is 1.08. The number of sulfonamides is 1. The summed E-state index contributed by atoms with van der Waals surface area (Å²) in [7, 11) is -3.78. The predicted molar refractivity (Wildman–Crippen MR) is 60.0 cm³/mol. The number of aliphatic hydroxyl groups is 1. The zero-order chi connectivity index (χ0) is 13.1. The van der Waals surface area contributed by atoms with Gasteiger partial charge in [-0.05, 0) is 19.1 Å². The van der Waals surface area contributed by atoms with Gasteiger partial charge in [-0.15, -0.1) is 0 Å². The molecule has 0 fully saturated rings. The van der Waals surface area contributed by atoms with Crippen molar-refractivity contribution in [2.75, 3.05) is 6.54 Å². The summed E-state index contributed by atoms with van der Waals surface area (Å²) < 4.78 is 25.3. The van der Waals surface area contributed by atoms with Crippen LogP contribution in [0.1, 0.15) is 5.56 Å². The van der Waals surface area contributed by atoms with Gasteiger partial charge >= 0.3 is 5.97 Å². The van der Waals surface area contributed by atoms with Gasteiger partial charge in [0.1, 0.15) is 0 Å². The first-order valence-corrected chi connectivity index (χ1v) is 6.28. The van der Waals surface area contributed by atoms with Crippen LogP contribution in [-0.2, 0) is 14.8 Å². The molecule has 1 aromatic carbocycles. The van der Waals surface area contributed by atoms with Gasteiger partial charge in [0.25, 0.3) is 0 Å². The molecule has 0 amide bonds. The number of benzene rings is 1. The number of aliphatic carboxylic acids is 1. The van der Waals surface area contributed by atoms with Gasteiger partial charge in [-0.2, -0.15) is 0 Å². The fourth-order valence-corrected chi connectivity index (χ4v) is 2.12. The number of carboxylic acid groups (broad SMARTS) is 1. The average Bonchev–Trinajstić information content (AvgIpc) is 2.26. The summed E-state index contributed by atoms with van der Waals surface area (Å²) in [4.78, 5) is 10.3. The van der Waals surface area contributed by atoms with E-state index in [1.807, 2.05) is 11.6 Å². The van der Waals surface area contributed by atoms with Crippen LogP contribution in [0.25, 0.3) is 0 Å². The lowest BCUT2D eigenvalue weighted by Gasteiger charge is -2.08. The maximum Gasteiger partial charge on any atom is 0.333 e. The van der Waals surface area contributed by atoms with Crippen LogP contribution < -0.4 is 4.72 Å². The molecule has 0 bridgehead atoms. The van der Waals surface area contributed by atoms with Gasteiger partial charge in [0.15, 0.2) is 6.10 Å². The summed E-state index contributed by atoms with van der Waals surface area (Å²) in [5, 5.41) is 17.4. The van der Waals surface area contributed by atoms with Crippen molar-refractivity contribution in [2.24, 2.45) is 0 Å². The number of hydrogen-bond acceptors (Lipinski definition) is 4. The highest BCUT2D eigenvalue weighted by Crippen LogP contribution is 2.09. The van der Waals surface area contributed by atoms with Gasteiger partial charge in [0.2, 0.25) is 10.0 Å². The summed E-state index contributed by atoms with van der Waals surface area (Å²) in [5.41, 5.74) is 0.912. The van der Waals surface area contributed by atoms with Crippen molar-refractivity contribution in [1.29, 1.82) is 0 Å². The molecule has 17 heavy (non-hydrogen) atoms. The van der Waals surface area contributed by atoms with Gasteiger partial charge in [-0.3, -0.25) is 0 Å². The molecule has 1 atom stereocenters. The first-order chi connectivity index (χ1) is 7.83. The molecule has 0 aliphatic rings. The average molecular weight is 259 g/mol. The lowest BCUT2D eigenvalue weighted by molar-refractivity contribution is -0.146. The Morgan fingerprint density at radius 3 is 2.35 bits per heavy atom. The van der Waals surface area contributed by atoms with Crippen molar-refractivity contribution in [3.63, 3.8) is 0 Å². The number of rotatable bonds is 5. The highest BCUT2D eigenvalue weighted by molar-refractivity contribution is 7.89. The van der Waals surface area contributed by atoms with E-state index in [9.17, 15) is 13.2 Å². The van der Waals surface area contributed by atoms with Crippen molar-refractivity contribution in [3.05, 3.63) is 29.8 Å². The van der Waals surface area contributed by atoms with E-state index in [4.69, 9.17) is 10.2 Å². The van der Waals surface area contributed by atoms with Crippen LogP contribution in [0.2, 0.25) is 0 Å². The summed E-state index contributed by atoms with van der Waals surface area (Å²) >= 11 is 0. The first kappa shape index (κ1) is 13.6. The molecular formula is C10H13NO5S. The fraction of sp³-hybridized carbons (Fsp3) is 0.300. The van der Waals surface area contributed by atoms with Crippen molar-refractivity contribution in [3.8, 4) is 0 Å². The van der Waals surface area contributed by atoms with Crippen LogP contribution in [0.4, 0.5) is 0 Å². The Morgan fingerprint density at radius 2 is 1.88 bits per heavy atom. The van der Waals surface area contributed by atoms with E-state index in [1.54, 1.807) is 12.1 Å². The van der Waals surface area contributed by atoms with E-state index >= 15 is 0 Å². The third-order valence-electron chi connectivity index (χ3n) is 2.08. The van der Waals surface area contributed by atoms with Crippen LogP contribution in [0.5, 0.6) is 0 Å².